The summed E-state index contributed by atoms with van der Waals surface area (Å²) in [6, 6.07) is 20.0. The smallest absolute Gasteiger partial charge is 0.273 e. The number of nitrogens with zero attached hydrogens (tertiary/aromatic N) is 6. The van der Waals surface area contributed by atoms with Crippen molar-refractivity contribution >= 4 is 11.6 Å². The fraction of sp³-hybridized carbons (Fsp3) is 0.115. The van der Waals surface area contributed by atoms with E-state index in [0.717, 1.165) is 17.0 Å². The molecule has 0 unspecified atom stereocenters. The molecule has 0 bridgehead atoms. The third-order valence-corrected chi connectivity index (χ3v) is 5.44. The van der Waals surface area contributed by atoms with Crippen molar-refractivity contribution < 1.29 is 13.9 Å². The van der Waals surface area contributed by atoms with Crippen LogP contribution < -0.4 is 10.1 Å². The van der Waals surface area contributed by atoms with Gasteiger partial charge < -0.3 is 10.1 Å². The van der Waals surface area contributed by atoms with Crippen LogP contribution in [0.25, 0.3) is 17.1 Å². The average molecular weight is 484 g/mol. The molecule has 0 fully saturated rings. The van der Waals surface area contributed by atoms with Gasteiger partial charge in [-0.15, -0.1) is 10.2 Å². The molecule has 0 aliphatic heterocycles. The van der Waals surface area contributed by atoms with Gasteiger partial charge in [-0.3, -0.25) is 9.48 Å². The van der Waals surface area contributed by atoms with Crippen LogP contribution in [-0.4, -0.2) is 35.7 Å². The SMILES string of the molecule is Cc1cc(C)n(-c2ccc(Oc3ccc(NC(=O)c4cc(-c5ccc(F)cc5)nn4C)cc3)nn2)n1. The van der Waals surface area contributed by atoms with Crippen molar-refractivity contribution in [2.45, 2.75) is 13.8 Å². The minimum atomic E-state index is -0.330. The number of carbonyl (C=O) groups excluding carboxylic acids is 1. The van der Waals surface area contributed by atoms with Gasteiger partial charge in [-0.25, -0.2) is 9.07 Å². The zero-order valence-corrected chi connectivity index (χ0v) is 19.8. The van der Waals surface area contributed by atoms with Crippen LogP contribution >= 0.6 is 0 Å². The zero-order valence-electron chi connectivity index (χ0n) is 19.8. The largest absolute Gasteiger partial charge is 0.438 e. The summed E-state index contributed by atoms with van der Waals surface area (Å²) in [6.45, 7) is 3.87. The molecule has 0 aliphatic rings. The predicted molar refractivity (Wildman–Crippen MR) is 132 cm³/mol. The molecule has 0 radical (unpaired) electrons. The molecule has 10 heteroatoms. The van der Waals surface area contributed by atoms with Crippen molar-refractivity contribution in [1.29, 1.82) is 0 Å². The number of hydrogen-bond donors (Lipinski definition) is 1. The van der Waals surface area contributed by atoms with Gasteiger partial charge in [-0.2, -0.15) is 10.2 Å². The van der Waals surface area contributed by atoms with Gasteiger partial charge in [0, 0.05) is 30.1 Å². The van der Waals surface area contributed by atoms with Crippen LogP contribution in [0, 0.1) is 19.7 Å². The van der Waals surface area contributed by atoms with Gasteiger partial charge in [0.25, 0.3) is 5.91 Å². The predicted octanol–water partition coefficient (Wildman–Crippen LogP) is 4.86. The topological polar surface area (TPSA) is 99.8 Å². The number of aryl methyl sites for hydroxylation is 3. The Morgan fingerprint density at radius 2 is 1.67 bits per heavy atom. The van der Waals surface area contributed by atoms with E-state index in [1.165, 1.54) is 16.8 Å². The standard InChI is InChI=1S/C26H22FN7O2/c1-16-14-17(2)34(31-16)24-12-13-25(30-29-24)36-21-10-8-20(9-11-21)28-26(35)23-15-22(32-33(23)3)18-4-6-19(27)7-5-18/h4-15H,1-3H3,(H,28,35). The quantitative estimate of drug-likeness (QED) is 0.370. The zero-order chi connectivity index (χ0) is 25.2. The van der Waals surface area contributed by atoms with Gasteiger partial charge in [0.2, 0.25) is 5.88 Å². The molecule has 1 amide bonds. The summed E-state index contributed by atoms with van der Waals surface area (Å²) in [7, 11) is 1.68. The van der Waals surface area contributed by atoms with Gasteiger partial charge in [0.15, 0.2) is 5.82 Å². The van der Waals surface area contributed by atoms with Crippen LogP contribution in [0.2, 0.25) is 0 Å². The van der Waals surface area contributed by atoms with Crippen molar-refractivity contribution in [3.8, 4) is 28.7 Å². The molecule has 0 spiro atoms. The molecule has 0 atom stereocenters. The summed E-state index contributed by atoms with van der Waals surface area (Å²) >= 11 is 0. The molecule has 5 aromatic rings. The Hall–Kier alpha value is -4.86. The minimum absolute atomic E-state index is 0.322. The van der Waals surface area contributed by atoms with E-state index in [0.29, 0.717) is 34.5 Å². The highest BCUT2D eigenvalue weighted by Gasteiger charge is 2.15. The first-order valence-electron chi connectivity index (χ1n) is 11.1. The maximum atomic E-state index is 13.2. The van der Waals surface area contributed by atoms with E-state index < -0.39 is 0 Å². The number of ether oxygens (including phenoxy) is 1. The molecule has 0 saturated carbocycles. The summed E-state index contributed by atoms with van der Waals surface area (Å²) in [6.07, 6.45) is 0. The molecular weight excluding hydrogens is 461 g/mol. The van der Waals surface area contributed by atoms with Gasteiger partial charge in [0.1, 0.15) is 17.3 Å². The maximum absolute atomic E-state index is 13.2. The minimum Gasteiger partial charge on any atom is -0.438 e. The van der Waals surface area contributed by atoms with E-state index in [1.54, 1.807) is 66.3 Å². The summed E-state index contributed by atoms with van der Waals surface area (Å²) in [5, 5.41) is 19.9. The highest BCUT2D eigenvalue weighted by Crippen LogP contribution is 2.23. The molecular formula is C26H22FN7O2. The fourth-order valence-electron chi connectivity index (χ4n) is 3.70. The summed E-state index contributed by atoms with van der Waals surface area (Å²) in [5.74, 6) is 0.825. The first kappa shape index (κ1) is 22.9. The first-order valence-corrected chi connectivity index (χ1v) is 11.1. The molecule has 180 valence electrons. The van der Waals surface area contributed by atoms with E-state index in [1.807, 2.05) is 19.9 Å². The molecule has 0 saturated heterocycles. The number of amides is 1. The van der Waals surface area contributed by atoms with Crippen LogP contribution in [0.3, 0.4) is 0 Å². The fourth-order valence-corrected chi connectivity index (χ4v) is 3.70. The normalized spacial score (nSPS) is 10.9. The molecule has 9 nitrogen and oxygen atoms in total. The number of anilines is 1. The lowest BCUT2D eigenvalue weighted by Gasteiger charge is -2.08. The van der Waals surface area contributed by atoms with Crippen LogP contribution in [0.15, 0.2) is 72.8 Å². The van der Waals surface area contributed by atoms with Crippen molar-refractivity contribution in [3.63, 3.8) is 0 Å². The lowest BCUT2D eigenvalue weighted by atomic mass is 10.1. The second-order valence-corrected chi connectivity index (χ2v) is 8.19. The number of rotatable bonds is 6. The number of benzene rings is 2. The lowest BCUT2D eigenvalue weighted by Crippen LogP contribution is -2.15. The Morgan fingerprint density at radius 3 is 2.31 bits per heavy atom. The molecule has 3 heterocycles. The third kappa shape index (κ3) is 4.83. The Balaban J connectivity index is 1.23. The molecule has 0 aliphatic carbocycles. The molecule has 1 N–H and O–H groups in total. The van der Waals surface area contributed by atoms with Crippen molar-refractivity contribution in [2.24, 2.45) is 7.05 Å². The second-order valence-electron chi connectivity index (χ2n) is 8.19. The number of halogens is 1. The van der Waals surface area contributed by atoms with E-state index in [4.69, 9.17) is 4.74 Å². The monoisotopic (exact) mass is 483 g/mol. The Bertz CT molecular complexity index is 1520. The lowest BCUT2D eigenvalue weighted by molar-refractivity contribution is 0.101. The highest BCUT2D eigenvalue weighted by molar-refractivity contribution is 6.03. The molecule has 2 aromatic carbocycles. The third-order valence-electron chi connectivity index (χ3n) is 5.44. The number of aromatic nitrogens is 6. The van der Waals surface area contributed by atoms with Crippen LogP contribution in [0.5, 0.6) is 11.6 Å². The van der Waals surface area contributed by atoms with Gasteiger partial charge in [0.05, 0.1) is 11.4 Å². The second kappa shape index (κ2) is 9.41. The van der Waals surface area contributed by atoms with Crippen molar-refractivity contribution in [2.75, 3.05) is 5.32 Å². The summed E-state index contributed by atoms with van der Waals surface area (Å²) in [4.78, 5) is 12.8. The van der Waals surface area contributed by atoms with E-state index in [9.17, 15) is 9.18 Å². The molecule has 5 rings (SSSR count). The molecule has 3 aromatic heterocycles. The van der Waals surface area contributed by atoms with E-state index >= 15 is 0 Å². The number of nitrogens with one attached hydrogen (secondary N) is 1. The van der Waals surface area contributed by atoms with Crippen molar-refractivity contribution in [3.05, 3.63) is 95.7 Å². The highest BCUT2D eigenvalue weighted by atomic mass is 19.1. The van der Waals surface area contributed by atoms with Gasteiger partial charge in [-0.1, -0.05) is 0 Å². The van der Waals surface area contributed by atoms with Gasteiger partial charge >= 0.3 is 0 Å². The first-order chi connectivity index (χ1) is 17.4. The number of hydrogen-bond acceptors (Lipinski definition) is 6. The van der Waals surface area contributed by atoms with Gasteiger partial charge in [-0.05, 0) is 80.6 Å². The van der Waals surface area contributed by atoms with Crippen LogP contribution in [0.4, 0.5) is 10.1 Å². The summed E-state index contributed by atoms with van der Waals surface area (Å²) < 4.78 is 22.2. The maximum Gasteiger partial charge on any atom is 0.273 e. The Labute approximate surface area is 206 Å². The number of carbonyl (C=O) groups is 1. The Morgan fingerprint density at radius 1 is 0.917 bits per heavy atom. The Kier molecular flexibility index (Phi) is 5.99. The van der Waals surface area contributed by atoms with Crippen molar-refractivity contribution in [1.82, 2.24) is 29.8 Å². The summed E-state index contributed by atoms with van der Waals surface area (Å²) in [5.41, 5.74) is 4.12. The van der Waals surface area contributed by atoms with Crippen LogP contribution in [0.1, 0.15) is 21.9 Å². The van der Waals surface area contributed by atoms with E-state index in [-0.39, 0.29) is 11.7 Å². The average Bonchev–Trinajstić information content (AvgIpc) is 3.42. The van der Waals surface area contributed by atoms with E-state index in [2.05, 4.69) is 25.7 Å². The molecule has 36 heavy (non-hydrogen) atoms. The van der Waals surface area contributed by atoms with Crippen LogP contribution in [-0.2, 0) is 7.05 Å².